The van der Waals surface area contributed by atoms with Gasteiger partial charge in [0.05, 0.1) is 5.25 Å². The molecule has 0 heterocycles. The average Bonchev–Trinajstić information content (AvgIpc) is 1.69. The summed E-state index contributed by atoms with van der Waals surface area (Å²) in [5, 5.41) is -0.0926. The van der Waals surface area contributed by atoms with Crippen LogP contribution in [0.2, 0.25) is 0 Å². The molecule has 3 heteroatoms. The van der Waals surface area contributed by atoms with Crippen LogP contribution >= 0.6 is 0 Å². The molecule has 50 valence electrons. The van der Waals surface area contributed by atoms with E-state index < -0.39 is 10.7 Å². The minimum absolute atomic E-state index is 0.0926. The predicted octanol–water partition coefficient (Wildman–Crippen LogP) is 0.786. The Labute approximate surface area is 51.9 Å². The van der Waals surface area contributed by atoms with E-state index in [0.29, 0.717) is 0 Å². The Morgan fingerprint density at radius 1 is 1.25 bits per heavy atom. The maximum Gasteiger partial charge on any atom is 0.142 e. The van der Waals surface area contributed by atoms with E-state index in [2.05, 4.69) is 0 Å². The fourth-order valence-electron chi connectivity index (χ4n) is 0.587. The molecule has 0 rings (SSSR count). The lowest BCUT2D eigenvalue weighted by Gasteiger charge is -1.98. The van der Waals surface area contributed by atoms with Gasteiger partial charge in [0.25, 0.3) is 0 Å². The zero-order valence-corrected chi connectivity index (χ0v) is 6.15. The summed E-state index contributed by atoms with van der Waals surface area (Å²) in [7, 11) is -2.16. The molecular weight excluding hydrogens is 124 g/mol. The van der Waals surface area contributed by atoms with E-state index in [9.17, 15) is 8.42 Å². The largest absolute Gasteiger partial charge is 0.232 e. The molecule has 0 bridgehead atoms. The summed E-state index contributed by atoms with van der Waals surface area (Å²) in [6.45, 7) is 3.78. The van der Waals surface area contributed by atoms with E-state index in [1.807, 2.05) is 13.8 Å². The van der Waals surface area contributed by atoms with Gasteiger partial charge >= 0.3 is 0 Å². The van der Waals surface area contributed by atoms with Crippen LogP contribution in [0.4, 0.5) is 0 Å². The highest BCUT2D eigenvalue weighted by atomic mass is 32.2. The first-order valence-electron chi connectivity index (χ1n) is 2.85. The minimum atomic E-state index is -2.16. The van der Waals surface area contributed by atoms with Crippen molar-refractivity contribution in [3.8, 4) is 0 Å². The van der Waals surface area contributed by atoms with Gasteiger partial charge in [0.1, 0.15) is 10.7 Å². The number of rotatable bonds is 3. The van der Waals surface area contributed by atoms with Crippen LogP contribution in [0.5, 0.6) is 0 Å². The van der Waals surface area contributed by atoms with Crippen molar-refractivity contribution in [2.24, 2.45) is 0 Å². The number of thiol groups is 1. The SMILES string of the molecule is CCC(CC)[SH](=O)=O. The van der Waals surface area contributed by atoms with Crippen LogP contribution in [0.1, 0.15) is 26.7 Å². The molecule has 0 atom stereocenters. The molecule has 8 heavy (non-hydrogen) atoms. The molecular formula is C5H12O2S. The molecule has 0 aliphatic heterocycles. The standard InChI is InChI=1S/C5H12O2S/c1-3-5(4-2)8(6)7/h5,8H,3-4H2,1-2H3. The highest BCUT2D eigenvalue weighted by molar-refractivity contribution is 7.73. The van der Waals surface area contributed by atoms with Crippen LogP contribution in [0.25, 0.3) is 0 Å². The lowest BCUT2D eigenvalue weighted by molar-refractivity contribution is 0.592. The van der Waals surface area contributed by atoms with E-state index >= 15 is 0 Å². The van der Waals surface area contributed by atoms with Gasteiger partial charge in [-0.3, -0.25) is 0 Å². The summed E-state index contributed by atoms with van der Waals surface area (Å²) in [5.74, 6) is 0. The smallest absolute Gasteiger partial charge is 0.142 e. The highest BCUT2D eigenvalue weighted by Crippen LogP contribution is 1.99. The average molecular weight is 136 g/mol. The van der Waals surface area contributed by atoms with Crippen molar-refractivity contribution < 1.29 is 8.42 Å². The Hall–Kier alpha value is -0.0500. The Morgan fingerprint density at radius 2 is 1.62 bits per heavy atom. The fraction of sp³-hybridized carbons (Fsp3) is 1.00. The quantitative estimate of drug-likeness (QED) is 0.582. The molecule has 0 aliphatic rings. The zero-order valence-electron chi connectivity index (χ0n) is 5.26. The van der Waals surface area contributed by atoms with E-state index in [4.69, 9.17) is 0 Å². The zero-order chi connectivity index (χ0) is 6.57. The van der Waals surface area contributed by atoms with Crippen LogP contribution in [0.3, 0.4) is 0 Å². The first kappa shape index (κ1) is 7.95. The highest BCUT2D eigenvalue weighted by Gasteiger charge is 2.02. The van der Waals surface area contributed by atoms with Gasteiger partial charge in [0.15, 0.2) is 0 Å². The van der Waals surface area contributed by atoms with Gasteiger partial charge in [-0.15, -0.1) is 0 Å². The number of hydrogen-bond acceptors (Lipinski definition) is 2. The van der Waals surface area contributed by atoms with Crippen molar-refractivity contribution in [3.05, 3.63) is 0 Å². The predicted molar refractivity (Wildman–Crippen MR) is 34.7 cm³/mol. The molecule has 0 unspecified atom stereocenters. The molecule has 0 spiro atoms. The van der Waals surface area contributed by atoms with Gasteiger partial charge < -0.3 is 0 Å². The Balaban J connectivity index is 3.70. The first-order chi connectivity index (χ1) is 3.72. The van der Waals surface area contributed by atoms with Crippen molar-refractivity contribution in [2.75, 3.05) is 0 Å². The van der Waals surface area contributed by atoms with Gasteiger partial charge in [0, 0.05) is 0 Å². The molecule has 0 radical (unpaired) electrons. The number of hydrogen-bond donors (Lipinski definition) is 1. The van der Waals surface area contributed by atoms with Crippen LogP contribution in [0, 0.1) is 0 Å². The van der Waals surface area contributed by atoms with E-state index in [1.54, 1.807) is 0 Å². The van der Waals surface area contributed by atoms with Gasteiger partial charge in [-0.2, -0.15) is 0 Å². The summed E-state index contributed by atoms with van der Waals surface area (Å²) in [6.07, 6.45) is 1.49. The Kier molecular flexibility index (Phi) is 3.87. The summed E-state index contributed by atoms with van der Waals surface area (Å²) < 4.78 is 20.4. The van der Waals surface area contributed by atoms with Gasteiger partial charge in [-0.25, -0.2) is 8.42 Å². The molecule has 0 N–H and O–H groups in total. The van der Waals surface area contributed by atoms with Gasteiger partial charge in [0.2, 0.25) is 0 Å². The van der Waals surface area contributed by atoms with E-state index in [1.165, 1.54) is 0 Å². The Bertz CT molecular complexity index is 106. The van der Waals surface area contributed by atoms with E-state index in [-0.39, 0.29) is 5.25 Å². The second-order valence-corrected chi connectivity index (χ2v) is 3.06. The van der Waals surface area contributed by atoms with Crippen molar-refractivity contribution in [3.63, 3.8) is 0 Å². The fourth-order valence-corrected chi connectivity index (χ4v) is 1.18. The molecule has 0 amide bonds. The van der Waals surface area contributed by atoms with Crippen molar-refractivity contribution >= 4 is 10.7 Å². The molecule has 2 nitrogen and oxygen atoms in total. The van der Waals surface area contributed by atoms with Gasteiger partial charge in [-0.05, 0) is 12.8 Å². The Morgan fingerprint density at radius 3 is 1.62 bits per heavy atom. The monoisotopic (exact) mass is 136 g/mol. The van der Waals surface area contributed by atoms with Crippen LogP contribution in [-0.2, 0) is 10.7 Å². The van der Waals surface area contributed by atoms with E-state index in [0.717, 1.165) is 12.8 Å². The summed E-state index contributed by atoms with van der Waals surface area (Å²) in [6, 6.07) is 0. The lowest BCUT2D eigenvalue weighted by atomic mass is 10.3. The second-order valence-electron chi connectivity index (χ2n) is 1.76. The second kappa shape index (κ2) is 3.89. The van der Waals surface area contributed by atoms with Crippen LogP contribution < -0.4 is 0 Å². The molecule has 0 aromatic rings. The van der Waals surface area contributed by atoms with Crippen molar-refractivity contribution in [1.82, 2.24) is 0 Å². The first-order valence-corrected chi connectivity index (χ1v) is 4.10. The third-order valence-electron chi connectivity index (χ3n) is 1.24. The summed E-state index contributed by atoms with van der Waals surface area (Å²) in [5.41, 5.74) is 0. The molecule has 0 aromatic heterocycles. The van der Waals surface area contributed by atoms with Crippen LogP contribution in [0.15, 0.2) is 0 Å². The minimum Gasteiger partial charge on any atom is -0.232 e. The molecule has 0 saturated carbocycles. The topological polar surface area (TPSA) is 34.1 Å². The normalized spacial score (nSPS) is 11.0. The third kappa shape index (κ3) is 2.31. The van der Waals surface area contributed by atoms with Crippen LogP contribution in [-0.4, -0.2) is 13.7 Å². The maximum atomic E-state index is 10.2. The third-order valence-corrected chi connectivity index (χ3v) is 2.57. The lowest BCUT2D eigenvalue weighted by Crippen LogP contribution is -2.04. The molecule has 0 aliphatic carbocycles. The summed E-state index contributed by atoms with van der Waals surface area (Å²) >= 11 is 0. The van der Waals surface area contributed by atoms with Gasteiger partial charge in [-0.1, -0.05) is 13.8 Å². The van der Waals surface area contributed by atoms with Crippen molar-refractivity contribution in [1.29, 1.82) is 0 Å². The maximum absolute atomic E-state index is 10.2. The molecule has 0 fully saturated rings. The molecule has 0 saturated heterocycles. The summed E-state index contributed by atoms with van der Waals surface area (Å²) in [4.78, 5) is 0. The van der Waals surface area contributed by atoms with Crippen molar-refractivity contribution in [2.45, 2.75) is 31.9 Å². The molecule has 0 aromatic carbocycles.